The van der Waals surface area contributed by atoms with Crippen LogP contribution in [0.2, 0.25) is 0 Å². The minimum Gasteiger partial charge on any atom is -0.322 e. The molecular weight excluding hydrogens is 360 g/mol. The molecule has 0 spiro atoms. The Bertz CT molecular complexity index is 1060. The van der Waals surface area contributed by atoms with Crippen LogP contribution in [0.4, 0.5) is 11.4 Å². The van der Waals surface area contributed by atoms with Gasteiger partial charge in [0.2, 0.25) is 0 Å². The van der Waals surface area contributed by atoms with Gasteiger partial charge in [-0.2, -0.15) is 0 Å². The normalized spacial score (nSPS) is 11.0. The minimum absolute atomic E-state index is 0.183. The maximum atomic E-state index is 12.5. The second-order valence-corrected chi connectivity index (χ2v) is 8.00. The molecule has 27 heavy (non-hydrogen) atoms. The summed E-state index contributed by atoms with van der Waals surface area (Å²) < 4.78 is 27.5. The summed E-state index contributed by atoms with van der Waals surface area (Å²) in [6.45, 7) is 3.84. The largest absolute Gasteiger partial charge is 0.322 e. The van der Waals surface area contributed by atoms with Crippen LogP contribution in [0.5, 0.6) is 0 Å². The average molecular weight is 380 g/mol. The van der Waals surface area contributed by atoms with Crippen molar-refractivity contribution in [1.82, 2.24) is 0 Å². The van der Waals surface area contributed by atoms with E-state index in [1.807, 2.05) is 26.0 Å². The number of anilines is 2. The Morgan fingerprint density at radius 1 is 0.778 bits per heavy atom. The Morgan fingerprint density at radius 3 is 1.96 bits per heavy atom. The third-order valence-corrected chi connectivity index (χ3v) is 5.41. The second-order valence-electron chi connectivity index (χ2n) is 6.32. The van der Waals surface area contributed by atoms with Crippen molar-refractivity contribution >= 4 is 27.3 Å². The summed E-state index contributed by atoms with van der Waals surface area (Å²) in [5.74, 6) is -0.256. The number of sulfonamides is 1. The smallest absolute Gasteiger partial charge is 0.261 e. The van der Waals surface area contributed by atoms with Gasteiger partial charge in [-0.1, -0.05) is 41.5 Å². The first kappa shape index (κ1) is 18.7. The van der Waals surface area contributed by atoms with Crippen molar-refractivity contribution in [2.24, 2.45) is 0 Å². The lowest BCUT2D eigenvalue weighted by Gasteiger charge is -2.11. The van der Waals surface area contributed by atoms with E-state index >= 15 is 0 Å². The van der Waals surface area contributed by atoms with Gasteiger partial charge in [0.1, 0.15) is 0 Å². The van der Waals surface area contributed by atoms with Gasteiger partial charge >= 0.3 is 0 Å². The van der Waals surface area contributed by atoms with Crippen LogP contribution in [0.1, 0.15) is 21.5 Å². The summed E-state index contributed by atoms with van der Waals surface area (Å²) in [5.41, 5.74) is 3.46. The van der Waals surface area contributed by atoms with E-state index in [1.165, 1.54) is 0 Å². The highest BCUT2D eigenvalue weighted by Crippen LogP contribution is 2.20. The molecule has 0 heterocycles. The van der Waals surface area contributed by atoms with Crippen LogP contribution >= 0.6 is 0 Å². The van der Waals surface area contributed by atoms with Gasteiger partial charge in [-0.3, -0.25) is 9.52 Å². The van der Waals surface area contributed by atoms with Gasteiger partial charge in [0, 0.05) is 11.3 Å². The summed E-state index contributed by atoms with van der Waals surface area (Å²) in [7, 11) is -3.69. The third kappa shape index (κ3) is 4.74. The number of hydrogen-bond acceptors (Lipinski definition) is 3. The Kier molecular flexibility index (Phi) is 5.28. The summed E-state index contributed by atoms with van der Waals surface area (Å²) in [6, 6.07) is 20.4. The number of hydrogen-bond donors (Lipinski definition) is 2. The van der Waals surface area contributed by atoms with Gasteiger partial charge in [0.15, 0.2) is 0 Å². The van der Waals surface area contributed by atoms with Gasteiger partial charge in [0.05, 0.1) is 10.6 Å². The quantitative estimate of drug-likeness (QED) is 0.691. The molecule has 0 unspecified atom stereocenters. The molecule has 1 amide bonds. The maximum absolute atomic E-state index is 12.5. The van der Waals surface area contributed by atoms with Gasteiger partial charge in [0.25, 0.3) is 15.9 Å². The third-order valence-electron chi connectivity index (χ3n) is 4.02. The van der Waals surface area contributed by atoms with Crippen LogP contribution in [-0.2, 0) is 10.0 Å². The molecule has 6 heteroatoms. The van der Waals surface area contributed by atoms with E-state index in [0.717, 1.165) is 11.1 Å². The molecule has 0 aliphatic rings. The maximum Gasteiger partial charge on any atom is 0.261 e. The van der Waals surface area contributed by atoms with Crippen molar-refractivity contribution in [1.29, 1.82) is 0 Å². The fourth-order valence-corrected chi connectivity index (χ4v) is 3.55. The molecule has 2 N–H and O–H groups in total. The monoisotopic (exact) mass is 380 g/mol. The summed E-state index contributed by atoms with van der Waals surface area (Å²) >= 11 is 0. The Balaban J connectivity index is 1.76. The van der Waals surface area contributed by atoms with Crippen LogP contribution in [-0.4, -0.2) is 14.3 Å². The average Bonchev–Trinajstić information content (AvgIpc) is 2.62. The van der Waals surface area contributed by atoms with Crippen LogP contribution in [0.3, 0.4) is 0 Å². The van der Waals surface area contributed by atoms with Crippen molar-refractivity contribution in [3.63, 3.8) is 0 Å². The Labute approximate surface area is 159 Å². The molecule has 0 saturated carbocycles. The van der Waals surface area contributed by atoms with Gasteiger partial charge in [-0.05, 0) is 56.3 Å². The van der Waals surface area contributed by atoms with E-state index in [0.29, 0.717) is 16.9 Å². The van der Waals surface area contributed by atoms with E-state index < -0.39 is 10.0 Å². The fraction of sp³-hybridized carbons (Fsp3) is 0.0952. The predicted octanol–water partition coefficient (Wildman–Crippen LogP) is 4.36. The number of amides is 1. The molecule has 0 radical (unpaired) electrons. The minimum atomic E-state index is -3.69. The highest BCUT2D eigenvalue weighted by atomic mass is 32.2. The number of aryl methyl sites for hydroxylation is 2. The first-order chi connectivity index (χ1) is 12.8. The predicted molar refractivity (Wildman–Crippen MR) is 108 cm³/mol. The second kappa shape index (κ2) is 7.63. The zero-order chi connectivity index (χ0) is 19.4. The van der Waals surface area contributed by atoms with Crippen LogP contribution in [0.25, 0.3) is 0 Å². The summed E-state index contributed by atoms with van der Waals surface area (Å²) in [6.07, 6.45) is 0. The Hall–Kier alpha value is -3.12. The lowest BCUT2D eigenvalue weighted by molar-refractivity contribution is 0.102. The van der Waals surface area contributed by atoms with Crippen molar-refractivity contribution < 1.29 is 13.2 Å². The molecule has 0 atom stereocenters. The molecular formula is C21H20N2O3S. The number of nitrogens with one attached hydrogen (secondary N) is 2. The zero-order valence-electron chi connectivity index (χ0n) is 15.1. The van der Waals surface area contributed by atoms with Crippen molar-refractivity contribution in [2.45, 2.75) is 18.7 Å². The zero-order valence-corrected chi connectivity index (χ0v) is 15.9. The molecule has 138 valence electrons. The van der Waals surface area contributed by atoms with Crippen molar-refractivity contribution in [2.75, 3.05) is 10.0 Å². The molecule has 3 rings (SSSR count). The van der Waals surface area contributed by atoms with E-state index in [-0.39, 0.29) is 10.8 Å². The SMILES string of the molecule is Cc1ccc(C(=O)Nc2cccc(NS(=O)(=O)c3ccc(C)cc3)c2)cc1. The van der Waals surface area contributed by atoms with E-state index in [9.17, 15) is 13.2 Å². The molecule has 0 aliphatic carbocycles. The van der Waals surface area contributed by atoms with Crippen LogP contribution in [0.15, 0.2) is 77.7 Å². The molecule has 0 aliphatic heterocycles. The molecule has 3 aromatic carbocycles. The van der Waals surface area contributed by atoms with Crippen molar-refractivity contribution in [3.05, 3.63) is 89.5 Å². The highest BCUT2D eigenvalue weighted by Gasteiger charge is 2.14. The molecule has 3 aromatic rings. The number of rotatable bonds is 5. The standard InChI is InChI=1S/C21H20N2O3S/c1-15-6-10-17(11-7-15)21(24)22-18-4-3-5-19(14-18)23-27(25,26)20-12-8-16(2)9-13-20/h3-14,23H,1-2H3,(H,22,24). The van der Waals surface area contributed by atoms with E-state index in [4.69, 9.17) is 0 Å². The number of benzene rings is 3. The van der Waals surface area contributed by atoms with Gasteiger partial charge < -0.3 is 5.32 Å². The lowest BCUT2D eigenvalue weighted by atomic mass is 10.1. The topological polar surface area (TPSA) is 75.3 Å². The van der Waals surface area contributed by atoms with E-state index in [1.54, 1.807) is 60.7 Å². The molecule has 5 nitrogen and oxygen atoms in total. The highest BCUT2D eigenvalue weighted by molar-refractivity contribution is 7.92. The Morgan fingerprint density at radius 2 is 1.33 bits per heavy atom. The first-order valence-corrected chi connectivity index (χ1v) is 9.89. The fourth-order valence-electron chi connectivity index (χ4n) is 2.50. The lowest BCUT2D eigenvalue weighted by Crippen LogP contribution is -2.14. The summed E-state index contributed by atoms with van der Waals surface area (Å²) in [4.78, 5) is 12.5. The first-order valence-electron chi connectivity index (χ1n) is 8.41. The van der Waals surface area contributed by atoms with Crippen molar-refractivity contribution in [3.8, 4) is 0 Å². The van der Waals surface area contributed by atoms with Crippen LogP contribution < -0.4 is 10.0 Å². The van der Waals surface area contributed by atoms with Crippen LogP contribution in [0, 0.1) is 13.8 Å². The van der Waals surface area contributed by atoms with Gasteiger partial charge in [-0.25, -0.2) is 8.42 Å². The number of carbonyl (C=O) groups is 1. The molecule has 0 saturated heterocycles. The molecule has 0 aromatic heterocycles. The summed E-state index contributed by atoms with van der Waals surface area (Å²) in [5, 5.41) is 2.78. The molecule has 0 bridgehead atoms. The number of carbonyl (C=O) groups excluding carboxylic acids is 1. The van der Waals surface area contributed by atoms with E-state index in [2.05, 4.69) is 10.0 Å². The molecule has 0 fully saturated rings. The van der Waals surface area contributed by atoms with Gasteiger partial charge in [-0.15, -0.1) is 0 Å².